The molecule has 2 atom stereocenters. The summed E-state index contributed by atoms with van der Waals surface area (Å²) in [6, 6.07) is 12.1. The Balaban J connectivity index is 1.64. The SMILES string of the molecule is COc1cccc(-n2c(SCC(=O)N3[C@H](C)CCC[C@@H]3C)nnc2-c2cccnc2)c1. The van der Waals surface area contributed by atoms with Gasteiger partial charge >= 0.3 is 0 Å². The molecule has 7 nitrogen and oxygen atoms in total. The molecular formula is C23H27N5O2S. The van der Waals surface area contributed by atoms with Gasteiger partial charge in [0.05, 0.1) is 18.6 Å². The van der Waals surface area contributed by atoms with Crippen molar-refractivity contribution >= 4 is 17.7 Å². The number of amides is 1. The molecule has 162 valence electrons. The molecule has 1 amide bonds. The van der Waals surface area contributed by atoms with Crippen LogP contribution in [0.1, 0.15) is 33.1 Å². The number of nitrogens with zero attached hydrogens (tertiary/aromatic N) is 5. The van der Waals surface area contributed by atoms with Gasteiger partial charge in [0, 0.05) is 36.1 Å². The van der Waals surface area contributed by atoms with E-state index in [2.05, 4.69) is 29.0 Å². The molecule has 0 spiro atoms. The highest BCUT2D eigenvalue weighted by Gasteiger charge is 2.29. The van der Waals surface area contributed by atoms with Crippen LogP contribution in [0.15, 0.2) is 53.9 Å². The summed E-state index contributed by atoms with van der Waals surface area (Å²) < 4.78 is 7.36. The monoisotopic (exact) mass is 437 g/mol. The lowest BCUT2D eigenvalue weighted by molar-refractivity contribution is -0.134. The fraction of sp³-hybridized carbons (Fsp3) is 0.391. The van der Waals surface area contributed by atoms with Gasteiger partial charge in [-0.05, 0) is 57.4 Å². The van der Waals surface area contributed by atoms with Crippen LogP contribution in [-0.4, -0.2) is 55.5 Å². The molecule has 1 aliphatic heterocycles. The molecule has 31 heavy (non-hydrogen) atoms. The van der Waals surface area contributed by atoms with Crippen molar-refractivity contribution in [2.45, 2.75) is 50.4 Å². The molecule has 0 radical (unpaired) electrons. The normalized spacial score (nSPS) is 18.7. The summed E-state index contributed by atoms with van der Waals surface area (Å²) in [6.07, 6.45) is 6.79. The zero-order chi connectivity index (χ0) is 21.8. The van der Waals surface area contributed by atoms with Crippen molar-refractivity contribution in [3.63, 3.8) is 0 Å². The maximum atomic E-state index is 13.0. The number of ether oxygens (including phenoxy) is 1. The third-order valence-corrected chi connectivity index (χ3v) is 6.58. The highest BCUT2D eigenvalue weighted by atomic mass is 32.2. The predicted octanol–water partition coefficient (Wildman–Crippen LogP) is 4.22. The Hall–Kier alpha value is -2.87. The van der Waals surface area contributed by atoms with Crippen molar-refractivity contribution in [3.8, 4) is 22.8 Å². The summed E-state index contributed by atoms with van der Waals surface area (Å²) in [4.78, 5) is 19.3. The summed E-state index contributed by atoms with van der Waals surface area (Å²) >= 11 is 1.41. The van der Waals surface area contributed by atoms with Crippen LogP contribution >= 0.6 is 11.8 Å². The lowest BCUT2D eigenvalue weighted by Gasteiger charge is -2.39. The molecule has 2 aromatic heterocycles. The summed E-state index contributed by atoms with van der Waals surface area (Å²) in [5.41, 5.74) is 1.73. The molecule has 0 saturated carbocycles. The number of carbonyl (C=O) groups is 1. The molecule has 0 aliphatic carbocycles. The molecular weight excluding hydrogens is 410 g/mol. The Bertz CT molecular complexity index is 1030. The maximum absolute atomic E-state index is 13.0. The van der Waals surface area contributed by atoms with E-state index < -0.39 is 0 Å². The number of benzene rings is 1. The molecule has 1 aliphatic rings. The van der Waals surface area contributed by atoms with Crippen LogP contribution < -0.4 is 4.74 Å². The minimum atomic E-state index is 0.146. The molecule has 0 unspecified atom stereocenters. The van der Waals surface area contributed by atoms with Gasteiger partial charge in [-0.1, -0.05) is 17.8 Å². The van der Waals surface area contributed by atoms with Crippen molar-refractivity contribution in [2.24, 2.45) is 0 Å². The van der Waals surface area contributed by atoms with Gasteiger partial charge in [-0.15, -0.1) is 10.2 Å². The Morgan fingerprint density at radius 2 is 1.97 bits per heavy atom. The smallest absolute Gasteiger partial charge is 0.233 e. The number of likely N-dealkylation sites (tertiary alicyclic amines) is 1. The molecule has 3 aromatic rings. The third-order valence-electron chi connectivity index (χ3n) is 5.67. The minimum Gasteiger partial charge on any atom is -0.497 e. The number of methoxy groups -OCH3 is 1. The molecule has 1 saturated heterocycles. The number of pyridine rings is 1. The average Bonchev–Trinajstić information content (AvgIpc) is 3.22. The lowest BCUT2D eigenvalue weighted by atomic mass is 9.98. The van der Waals surface area contributed by atoms with Gasteiger partial charge in [0.25, 0.3) is 0 Å². The fourth-order valence-electron chi connectivity index (χ4n) is 4.14. The first-order valence-corrected chi connectivity index (χ1v) is 11.5. The average molecular weight is 438 g/mol. The number of aromatic nitrogens is 4. The zero-order valence-electron chi connectivity index (χ0n) is 18.1. The van der Waals surface area contributed by atoms with Gasteiger partial charge in [-0.3, -0.25) is 14.3 Å². The largest absolute Gasteiger partial charge is 0.497 e. The van der Waals surface area contributed by atoms with Gasteiger partial charge in [0.15, 0.2) is 11.0 Å². The van der Waals surface area contributed by atoms with E-state index in [1.165, 1.54) is 18.2 Å². The van der Waals surface area contributed by atoms with Crippen molar-refractivity contribution in [3.05, 3.63) is 48.8 Å². The summed E-state index contributed by atoms with van der Waals surface area (Å²) in [5.74, 6) is 1.89. The highest BCUT2D eigenvalue weighted by Crippen LogP contribution is 2.30. The van der Waals surface area contributed by atoms with Crippen LogP contribution in [0.2, 0.25) is 0 Å². The first kappa shape index (κ1) is 21.4. The number of rotatable bonds is 6. The van der Waals surface area contributed by atoms with Gasteiger partial charge in [-0.25, -0.2) is 0 Å². The van der Waals surface area contributed by atoms with Gasteiger partial charge < -0.3 is 9.64 Å². The van der Waals surface area contributed by atoms with Crippen molar-refractivity contribution in [1.29, 1.82) is 0 Å². The number of hydrogen-bond acceptors (Lipinski definition) is 6. The summed E-state index contributed by atoms with van der Waals surface area (Å²) in [7, 11) is 1.64. The van der Waals surface area contributed by atoms with Crippen molar-refractivity contribution < 1.29 is 9.53 Å². The topological polar surface area (TPSA) is 73.1 Å². The molecule has 4 rings (SSSR count). The first-order valence-electron chi connectivity index (χ1n) is 10.5. The number of hydrogen-bond donors (Lipinski definition) is 0. The second kappa shape index (κ2) is 9.51. The van der Waals surface area contributed by atoms with E-state index in [9.17, 15) is 4.79 Å². The van der Waals surface area contributed by atoms with E-state index in [1.807, 2.05) is 45.9 Å². The molecule has 1 aromatic carbocycles. The van der Waals surface area contributed by atoms with E-state index in [4.69, 9.17) is 4.74 Å². The van der Waals surface area contributed by atoms with Crippen molar-refractivity contribution in [1.82, 2.24) is 24.6 Å². The molecule has 3 heterocycles. The Kier molecular flexibility index (Phi) is 6.56. The third kappa shape index (κ3) is 4.58. The van der Waals surface area contributed by atoms with Crippen molar-refractivity contribution in [2.75, 3.05) is 12.9 Å². The molecule has 1 fully saturated rings. The van der Waals surface area contributed by atoms with Crippen LogP contribution in [0.3, 0.4) is 0 Å². The van der Waals surface area contributed by atoms with E-state index in [-0.39, 0.29) is 18.0 Å². The molecule has 0 N–H and O–H groups in total. The first-order chi connectivity index (χ1) is 15.1. The lowest BCUT2D eigenvalue weighted by Crippen LogP contribution is -2.48. The second-order valence-corrected chi connectivity index (χ2v) is 8.75. The number of thioether (sulfide) groups is 1. The van der Waals surface area contributed by atoms with Gasteiger partial charge in [0.1, 0.15) is 5.75 Å². The predicted molar refractivity (Wildman–Crippen MR) is 121 cm³/mol. The van der Waals surface area contributed by atoms with E-state index in [1.54, 1.807) is 19.5 Å². The number of carbonyl (C=O) groups excluding carboxylic acids is 1. The molecule has 0 bridgehead atoms. The second-order valence-electron chi connectivity index (χ2n) is 7.80. The van der Waals surface area contributed by atoms with Crippen LogP contribution in [0, 0.1) is 0 Å². The Morgan fingerprint density at radius 1 is 1.16 bits per heavy atom. The zero-order valence-corrected chi connectivity index (χ0v) is 18.9. The van der Waals surface area contributed by atoms with E-state index >= 15 is 0 Å². The highest BCUT2D eigenvalue weighted by molar-refractivity contribution is 7.99. The summed E-state index contributed by atoms with van der Waals surface area (Å²) in [5, 5.41) is 9.51. The Labute approximate surface area is 186 Å². The van der Waals surface area contributed by atoms with Crippen LogP contribution in [-0.2, 0) is 4.79 Å². The van der Waals surface area contributed by atoms with Crippen LogP contribution in [0.25, 0.3) is 17.1 Å². The minimum absolute atomic E-state index is 0.146. The standard InChI is InChI=1S/C23H27N5O2S/c1-16-7-4-8-17(2)27(16)21(29)15-31-23-26-25-22(18-9-6-12-24-14-18)28(23)19-10-5-11-20(13-19)30-3/h5-6,9-14,16-17H,4,7-8,15H2,1-3H3/t16-,17+. The van der Waals surface area contributed by atoms with Gasteiger partial charge in [-0.2, -0.15) is 0 Å². The summed E-state index contributed by atoms with van der Waals surface area (Å²) in [6.45, 7) is 4.27. The van der Waals surface area contributed by atoms with E-state index in [0.717, 1.165) is 29.8 Å². The van der Waals surface area contributed by atoms with E-state index in [0.29, 0.717) is 16.7 Å². The number of piperidine rings is 1. The Morgan fingerprint density at radius 3 is 2.68 bits per heavy atom. The van der Waals surface area contributed by atoms with Crippen LogP contribution in [0.5, 0.6) is 5.75 Å². The van der Waals surface area contributed by atoms with Crippen LogP contribution in [0.4, 0.5) is 0 Å². The van der Waals surface area contributed by atoms with Gasteiger partial charge in [0.2, 0.25) is 5.91 Å². The quantitative estimate of drug-likeness (QED) is 0.538. The molecule has 8 heteroatoms. The fourth-order valence-corrected chi connectivity index (χ4v) is 4.96. The maximum Gasteiger partial charge on any atom is 0.233 e.